The topological polar surface area (TPSA) is 58.2 Å². The van der Waals surface area contributed by atoms with Crippen molar-refractivity contribution >= 4 is 10.0 Å². The van der Waals surface area contributed by atoms with Gasteiger partial charge in [0.25, 0.3) is 0 Å². The monoisotopic (exact) mass is 448 g/mol. The number of halogens is 2. The van der Waals surface area contributed by atoms with E-state index in [9.17, 15) is 17.2 Å². The summed E-state index contributed by atoms with van der Waals surface area (Å²) in [6.45, 7) is 0.992. The zero-order valence-electron chi connectivity index (χ0n) is 17.8. The molecule has 2 unspecified atom stereocenters. The first-order valence-corrected chi connectivity index (χ1v) is 12.7. The summed E-state index contributed by atoms with van der Waals surface area (Å²) in [4.78, 5) is 0. The highest BCUT2D eigenvalue weighted by Gasteiger charge is 2.33. The van der Waals surface area contributed by atoms with Gasteiger partial charge in [-0.1, -0.05) is 18.2 Å². The van der Waals surface area contributed by atoms with Crippen molar-refractivity contribution in [1.82, 2.24) is 10.0 Å². The number of fused-ring (bicyclic) bond motifs is 1. The van der Waals surface area contributed by atoms with Gasteiger partial charge in [0, 0.05) is 6.54 Å². The molecule has 0 saturated heterocycles. The van der Waals surface area contributed by atoms with E-state index in [-0.39, 0.29) is 35.8 Å². The standard InChI is InChI=1S/C24H30F2N2O2S/c1-27-14-20-11-19-13-24(26)18(7-8-28-31(29,30)15-16-5-6-16)12-23(19)22(20)10-17-3-2-4-21(25)9-17/h2-4,9,12-13,16,20,22,27-28H,5-8,10-11,14-15H2,1H3. The van der Waals surface area contributed by atoms with Crippen LogP contribution in [0.25, 0.3) is 0 Å². The first kappa shape index (κ1) is 22.4. The summed E-state index contributed by atoms with van der Waals surface area (Å²) in [6, 6.07) is 10.2. The molecule has 2 aromatic rings. The number of sulfonamides is 1. The first-order chi connectivity index (χ1) is 14.8. The van der Waals surface area contributed by atoms with Crippen LogP contribution in [0.1, 0.15) is 41.0 Å². The van der Waals surface area contributed by atoms with Crippen LogP contribution in [-0.2, 0) is 29.3 Å². The molecular weight excluding hydrogens is 418 g/mol. The van der Waals surface area contributed by atoms with Gasteiger partial charge in [-0.25, -0.2) is 21.9 Å². The average Bonchev–Trinajstić information content (AvgIpc) is 3.45. The van der Waals surface area contributed by atoms with Crippen molar-refractivity contribution in [3.05, 3.63) is 70.3 Å². The van der Waals surface area contributed by atoms with Crippen molar-refractivity contribution in [1.29, 1.82) is 0 Å². The first-order valence-electron chi connectivity index (χ1n) is 11.0. The molecule has 0 spiro atoms. The second-order valence-electron chi connectivity index (χ2n) is 8.97. The van der Waals surface area contributed by atoms with Gasteiger partial charge < -0.3 is 5.32 Å². The Bertz CT molecular complexity index is 1040. The number of rotatable bonds is 10. The molecule has 1 saturated carbocycles. The number of nitrogens with one attached hydrogen (secondary N) is 2. The molecule has 0 aromatic heterocycles. The van der Waals surface area contributed by atoms with Crippen LogP contribution < -0.4 is 10.0 Å². The van der Waals surface area contributed by atoms with Crippen molar-refractivity contribution in [2.45, 2.75) is 38.0 Å². The van der Waals surface area contributed by atoms with Gasteiger partial charge in [-0.15, -0.1) is 0 Å². The number of benzene rings is 2. The van der Waals surface area contributed by atoms with Gasteiger partial charge in [0.05, 0.1) is 5.75 Å². The molecule has 31 heavy (non-hydrogen) atoms. The molecule has 0 amide bonds. The molecule has 7 heteroatoms. The maximum Gasteiger partial charge on any atom is 0.211 e. The summed E-state index contributed by atoms with van der Waals surface area (Å²) < 4.78 is 55.3. The lowest BCUT2D eigenvalue weighted by atomic mass is 9.86. The molecule has 2 aliphatic carbocycles. The minimum Gasteiger partial charge on any atom is -0.319 e. The van der Waals surface area contributed by atoms with E-state index in [1.54, 1.807) is 18.2 Å². The summed E-state index contributed by atoms with van der Waals surface area (Å²) in [6.07, 6.45) is 3.73. The minimum atomic E-state index is -3.30. The highest BCUT2D eigenvalue weighted by Crippen LogP contribution is 2.41. The summed E-state index contributed by atoms with van der Waals surface area (Å²) in [5.74, 6) is 0.377. The molecule has 4 rings (SSSR count). The Morgan fingerprint density at radius 3 is 2.65 bits per heavy atom. The lowest BCUT2D eigenvalue weighted by Gasteiger charge is -2.21. The molecule has 0 aliphatic heterocycles. The van der Waals surface area contributed by atoms with Gasteiger partial charge >= 0.3 is 0 Å². The zero-order valence-corrected chi connectivity index (χ0v) is 18.7. The molecule has 2 atom stereocenters. The zero-order chi connectivity index (χ0) is 22.0. The van der Waals surface area contributed by atoms with Crippen LogP contribution in [0, 0.1) is 23.5 Å². The predicted molar refractivity (Wildman–Crippen MR) is 119 cm³/mol. The van der Waals surface area contributed by atoms with Crippen LogP contribution in [0.2, 0.25) is 0 Å². The van der Waals surface area contributed by atoms with Gasteiger partial charge in [0.1, 0.15) is 11.6 Å². The third-order valence-electron chi connectivity index (χ3n) is 6.44. The fourth-order valence-corrected chi connectivity index (χ4v) is 6.22. The maximum atomic E-state index is 14.8. The molecule has 2 aromatic carbocycles. The molecule has 0 bridgehead atoms. The lowest BCUT2D eigenvalue weighted by Crippen LogP contribution is -2.29. The Labute approximate surface area is 183 Å². The molecule has 1 fully saturated rings. The Morgan fingerprint density at radius 1 is 1.13 bits per heavy atom. The van der Waals surface area contributed by atoms with Crippen LogP contribution >= 0.6 is 0 Å². The number of hydrogen-bond donors (Lipinski definition) is 2. The SMILES string of the molecule is CNCC1Cc2cc(F)c(CCNS(=O)(=O)CC3CC3)cc2C1Cc1cccc(F)c1. The van der Waals surface area contributed by atoms with Crippen LogP contribution in [0.4, 0.5) is 8.78 Å². The third-order valence-corrected chi connectivity index (χ3v) is 7.99. The van der Waals surface area contributed by atoms with Crippen LogP contribution in [-0.4, -0.2) is 34.3 Å². The van der Waals surface area contributed by atoms with Crippen LogP contribution in [0.3, 0.4) is 0 Å². The van der Waals surface area contributed by atoms with E-state index in [0.29, 0.717) is 24.3 Å². The van der Waals surface area contributed by atoms with Gasteiger partial charge in [-0.3, -0.25) is 0 Å². The van der Waals surface area contributed by atoms with E-state index in [0.717, 1.165) is 42.5 Å². The summed E-state index contributed by atoms with van der Waals surface area (Å²) in [5, 5.41) is 3.23. The van der Waals surface area contributed by atoms with Gasteiger partial charge in [-0.05, 0) is 104 Å². The highest BCUT2D eigenvalue weighted by molar-refractivity contribution is 7.89. The van der Waals surface area contributed by atoms with Gasteiger partial charge in [-0.2, -0.15) is 0 Å². The fourth-order valence-electron chi connectivity index (χ4n) is 4.74. The molecular formula is C24H30F2N2O2S. The van der Waals surface area contributed by atoms with E-state index in [4.69, 9.17) is 0 Å². The molecule has 4 nitrogen and oxygen atoms in total. The summed E-state index contributed by atoms with van der Waals surface area (Å²) in [5.41, 5.74) is 3.55. The molecule has 0 radical (unpaired) electrons. The van der Waals surface area contributed by atoms with Crippen molar-refractivity contribution < 1.29 is 17.2 Å². The number of hydrogen-bond acceptors (Lipinski definition) is 3. The van der Waals surface area contributed by atoms with Crippen molar-refractivity contribution in [3.8, 4) is 0 Å². The Morgan fingerprint density at radius 2 is 1.94 bits per heavy atom. The van der Waals surface area contributed by atoms with Crippen molar-refractivity contribution in [3.63, 3.8) is 0 Å². The second-order valence-corrected chi connectivity index (χ2v) is 10.8. The van der Waals surface area contributed by atoms with Crippen LogP contribution in [0.5, 0.6) is 0 Å². The quantitative estimate of drug-likeness (QED) is 0.584. The molecule has 2 aliphatic rings. The van der Waals surface area contributed by atoms with Crippen LogP contribution in [0.15, 0.2) is 36.4 Å². The normalized spacial score (nSPS) is 20.7. The van der Waals surface area contributed by atoms with Crippen molar-refractivity contribution in [2.24, 2.45) is 11.8 Å². The minimum absolute atomic E-state index is 0.162. The van der Waals surface area contributed by atoms with E-state index >= 15 is 0 Å². The Balaban J connectivity index is 1.51. The Hall–Kier alpha value is -1.83. The van der Waals surface area contributed by atoms with Gasteiger partial charge in [0.2, 0.25) is 10.0 Å². The van der Waals surface area contributed by atoms with Crippen molar-refractivity contribution in [2.75, 3.05) is 25.9 Å². The molecule has 0 heterocycles. The van der Waals surface area contributed by atoms with E-state index in [1.807, 2.05) is 19.2 Å². The van der Waals surface area contributed by atoms with E-state index < -0.39 is 10.0 Å². The maximum absolute atomic E-state index is 14.8. The van der Waals surface area contributed by atoms with Gasteiger partial charge in [0.15, 0.2) is 0 Å². The summed E-state index contributed by atoms with van der Waals surface area (Å²) >= 11 is 0. The third kappa shape index (κ3) is 5.70. The lowest BCUT2D eigenvalue weighted by molar-refractivity contribution is 0.435. The average molecular weight is 449 g/mol. The molecule has 168 valence electrons. The highest BCUT2D eigenvalue weighted by atomic mass is 32.2. The predicted octanol–water partition coefficient (Wildman–Crippen LogP) is 3.55. The summed E-state index contributed by atoms with van der Waals surface area (Å²) in [7, 11) is -1.40. The second kappa shape index (κ2) is 9.35. The van der Waals surface area contributed by atoms with E-state index in [1.165, 1.54) is 6.07 Å². The smallest absolute Gasteiger partial charge is 0.211 e. The van der Waals surface area contributed by atoms with E-state index in [2.05, 4.69) is 10.0 Å². The molecule has 2 N–H and O–H groups in total. The Kier molecular flexibility index (Phi) is 6.74. The fraction of sp³-hybridized carbons (Fsp3) is 0.500. The largest absolute Gasteiger partial charge is 0.319 e.